The van der Waals surface area contributed by atoms with Crippen molar-refractivity contribution in [2.45, 2.75) is 52.2 Å². The van der Waals surface area contributed by atoms with Crippen LogP contribution in [0.3, 0.4) is 0 Å². The van der Waals surface area contributed by atoms with Gasteiger partial charge in [-0.1, -0.05) is 25.2 Å². The van der Waals surface area contributed by atoms with Gasteiger partial charge in [-0.15, -0.1) is 0 Å². The van der Waals surface area contributed by atoms with Gasteiger partial charge in [-0.05, 0) is 61.9 Å². The highest BCUT2D eigenvalue weighted by Crippen LogP contribution is 2.32. The fourth-order valence-electron chi connectivity index (χ4n) is 4.36. The fraction of sp³-hybridized carbons (Fsp3) is 0.481. The van der Waals surface area contributed by atoms with Crippen molar-refractivity contribution < 1.29 is 18.9 Å². The van der Waals surface area contributed by atoms with Gasteiger partial charge < -0.3 is 18.9 Å². The molecule has 7 nitrogen and oxygen atoms in total. The molecule has 3 heterocycles. The van der Waals surface area contributed by atoms with E-state index in [-0.39, 0.29) is 11.8 Å². The minimum atomic E-state index is -0.280. The molecule has 4 rings (SSSR count). The van der Waals surface area contributed by atoms with Crippen LogP contribution < -0.4 is 15.2 Å². The van der Waals surface area contributed by atoms with Gasteiger partial charge in [-0.2, -0.15) is 4.98 Å². The lowest BCUT2D eigenvalue weighted by Gasteiger charge is -2.22. The minimum Gasteiger partial charge on any atom is -0.491 e. The highest BCUT2D eigenvalue weighted by molar-refractivity contribution is 5.67. The predicted molar refractivity (Wildman–Crippen MR) is 132 cm³/mol. The van der Waals surface area contributed by atoms with E-state index < -0.39 is 0 Å². The summed E-state index contributed by atoms with van der Waals surface area (Å²) in [4.78, 5) is 16.7. The van der Waals surface area contributed by atoms with E-state index >= 15 is 0 Å². The molecular weight excluding hydrogens is 432 g/mol. The maximum absolute atomic E-state index is 12.6. The van der Waals surface area contributed by atoms with Crippen molar-refractivity contribution >= 4 is 0 Å². The van der Waals surface area contributed by atoms with E-state index in [4.69, 9.17) is 18.9 Å². The van der Waals surface area contributed by atoms with Gasteiger partial charge in [0.2, 0.25) is 5.88 Å². The standard InChI is InChI=1S/C27H34N2O5/c1-3-6-20(7-4-2)18-31-14-15-33-22-9-10-24-21(16-22)11-12-29-25(24)17-26(28-27(29)30)34-19-23-8-5-13-32-23/h3,6-7,9-10,16-17,23H,4-5,8,11-15,18-19H2,1-2H3/b6-3-,20-7+. The molecule has 0 saturated carbocycles. The Morgan fingerprint density at radius 1 is 1.26 bits per heavy atom. The molecule has 1 aromatic heterocycles. The Bertz CT molecular complexity index is 1080. The summed E-state index contributed by atoms with van der Waals surface area (Å²) in [5, 5.41) is 0. The third-order valence-electron chi connectivity index (χ3n) is 6.00. The number of aryl methyl sites for hydroxylation is 1. The monoisotopic (exact) mass is 466 g/mol. The van der Waals surface area contributed by atoms with Crippen LogP contribution in [0.2, 0.25) is 0 Å². The molecule has 182 valence electrons. The number of ether oxygens (including phenoxy) is 4. The Labute approximate surface area is 201 Å². The molecule has 0 bridgehead atoms. The Morgan fingerprint density at radius 2 is 2.18 bits per heavy atom. The fourth-order valence-corrected chi connectivity index (χ4v) is 4.36. The molecule has 1 fully saturated rings. The van der Waals surface area contributed by atoms with Gasteiger partial charge in [0.1, 0.15) is 19.0 Å². The quantitative estimate of drug-likeness (QED) is 0.363. The predicted octanol–water partition coefficient (Wildman–Crippen LogP) is 4.33. The molecule has 1 atom stereocenters. The smallest absolute Gasteiger partial charge is 0.351 e. The number of aromatic nitrogens is 2. The van der Waals surface area contributed by atoms with Crippen LogP contribution in [0.4, 0.5) is 0 Å². The number of fused-ring (bicyclic) bond motifs is 3. The van der Waals surface area contributed by atoms with Crippen LogP contribution in [-0.4, -0.2) is 48.7 Å². The lowest BCUT2D eigenvalue weighted by molar-refractivity contribution is 0.0661. The average Bonchev–Trinajstić information content (AvgIpc) is 3.36. The maximum atomic E-state index is 12.6. The van der Waals surface area contributed by atoms with Crippen molar-refractivity contribution in [3.05, 3.63) is 64.1 Å². The normalized spacial score (nSPS) is 17.6. The first-order valence-electron chi connectivity index (χ1n) is 12.2. The summed E-state index contributed by atoms with van der Waals surface area (Å²) in [5.41, 5.74) is 3.89. The number of allylic oxidation sites excluding steroid dienone is 2. The third-order valence-corrected chi connectivity index (χ3v) is 6.00. The molecule has 0 radical (unpaired) electrons. The molecule has 2 aromatic rings. The molecule has 0 amide bonds. The van der Waals surface area contributed by atoms with Gasteiger partial charge in [-0.3, -0.25) is 4.57 Å². The number of benzene rings is 1. The third kappa shape index (κ3) is 6.15. The highest BCUT2D eigenvalue weighted by Gasteiger charge is 2.21. The second-order valence-electron chi connectivity index (χ2n) is 8.52. The van der Waals surface area contributed by atoms with Crippen LogP contribution in [0, 0.1) is 0 Å². The van der Waals surface area contributed by atoms with Crippen LogP contribution >= 0.6 is 0 Å². The van der Waals surface area contributed by atoms with Gasteiger partial charge in [0.15, 0.2) is 0 Å². The van der Waals surface area contributed by atoms with E-state index in [1.54, 1.807) is 4.57 Å². The molecular formula is C27H34N2O5. The van der Waals surface area contributed by atoms with E-state index in [1.165, 1.54) is 5.57 Å². The minimum absolute atomic E-state index is 0.0777. The zero-order valence-electron chi connectivity index (χ0n) is 20.1. The largest absolute Gasteiger partial charge is 0.491 e. The molecule has 0 spiro atoms. The van der Waals surface area contributed by atoms with Crippen LogP contribution in [0.25, 0.3) is 11.3 Å². The molecule has 1 unspecified atom stereocenters. The number of hydrogen-bond donors (Lipinski definition) is 0. The zero-order valence-corrected chi connectivity index (χ0v) is 20.1. The lowest BCUT2D eigenvalue weighted by Crippen LogP contribution is -2.29. The molecule has 1 saturated heterocycles. The van der Waals surface area contributed by atoms with Gasteiger partial charge in [0, 0.05) is 24.8 Å². The van der Waals surface area contributed by atoms with Gasteiger partial charge in [0.05, 0.1) is 25.0 Å². The van der Waals surface area contributed by atoms with Crippen molar-refractivity contribution in [2.24, 2.45) is 0 Å². The summed E-state index contributed by atoms with van der Waals surface area (Å²) in [6.07, 6.45) is 10.1. The first-order chi connectivity index (χ1) is 16.7. The molecule has 0 N–H and O–H groups in total. The molecule has 2 aliphatic rings. The summed E-state index contributed by atoms with van der Waals surface area (Å²) in [6.45, 7) is 7.49. The summed E-state index contributed by atoms with van der Waals surface area (Å²) in [7, 11) is 0. The second kappa shape index (κ2) is 12.0. The molecule has 7 heteroatoms. The van der Waals surface area contributed by atoms with Crippen LogP contribution in [0.15, 0.2) is 52.9 Å². The highest BCUT2D eigenvalue weighted by atomic mass is 16.5. The van der Waals surface area contributed by atoms with Crippen molar-refractivity contribution in [3.63, 3.8) is 0 Å². The van der Waals surface area contributed by atoms with E-state index in [1.807, 2.05) is 31.2 Å². The Kier molecular flexibility index (Phi) is 8.55. The first-order valence-corrected chi connectivity index (χ1v) is 12.2. The topological polar surface area (TPSA) is 71.8 Å². The van der Waals surface area contributed by atoms with E-state index in [0.717, 1.165) is 54.9 Å². The number of nitrogens with zero attached hydrogens (tertiary/aromatic N) is 2. The van der Waals surface area contributed by atoms with E-state index in [2.05, 4.69) is 30.1 Å². The molecule has 1 aromatic carbocycles. The summed E-state index contributed by atoms with van der Waals surface area (Å²) < 4.78 is 24.8. The van der Waals surface area contributed by atoms with Gasteiger partial charge >= 0.3 is 5.69 Å². The molecule has 2 aliphatic heterocycles. The lowest BCUT2D eigenvalue weighted by atomic mass is 9.97. The Hall–Kier alpha value is -2.90. The Balaban J connectivity index is 1.37. The van der Waals surface area contributed by atoms with Crippen LogP contribution in [0.1, 0.15) is 38.7 Å². The van der Waals surface area contributed by atoms with Crippen molar-refractivity contribution in [1.29, 1.82) is 0 Å². The maximum Gasteiger partial charge on any atom is 0.351 e. The van der Waals surface area contributed by atoms with Crippen molar-refractivity contribution in [3.8, 4) is 22.9 Å². The van der Waals surface area contributed by atoms with Crippen LogP contribution in [-0.2, 0) is 22.4 Å². The van der Waals surface area contributed by atoms with Crippen molar-refractivity contribution in [1.82, 2.24) is 9.55 Å². The summed E-state index contributed by atoms with van der Waals surface area (Å²) in [5.74, 6) is 1.16. The average molecular weight is 467 g/mol. The zero-order chi connectivity index (χ0) is 23.8. The number of hydrogen-bond acceptors (Lipinski definition) is 6. The summed E-state index contributed by atoms with van der Waals surface area (Å²) >= 11 is 0. The first kappa shape index (κ1) is 24.2. The van der Waals surface area contributed by atoms with Gasteiger partial charge in [0.25, 0.3) is 0 Å². The summed E-state index contributed by atoms with van der Waals surface area (Å²) in [6, 6.07) is 7.86. The SMILES string of the molecule is C/C=C\C(=C/CC)COCCOc1ccc2c(c1)CCn1c-2cc(OCC2CCCO2)nc1=O. The van der Waals surface area contributed by atoms with Gasteiger partial charge in [-0.25, -0.2) is 4.79 Å². The van der Waals surface area contributed by atoms with Crippen LogP contribution in [0.5, 0.6) is 11.6 Å². The number of rotatable bonds is 11. The molecule has 34 heavy (non-hydrogen) atoms. The Morgan fingerprint density at radius 3 is 2.97 bits per heavy atom. The van der Waals surface area contributed by atoms with E-state index in [0.29, 0.717) is 38.9 Å². The van der Waals surface area contributed by atoms with Crippen molar-refractivity contribution in [2.75, 3.05) is 33.0 Å². The van der Waals surface area contributed by atoms with E-state index in [9.17, 15) is 4.79 Å². The molecule has 0 aliphatic carbocycles. The second-order valence-corrected chi connectivity index (χ2v) is 8.52.